The minimum atomic E-state index is -0.594. The number of allylic oxidation sites excluding steroid dienone is 2. The van der Waals surface area contributed by atoms with E-state index in [1.807, 2.05) is 0 Å². The van der Waals surface area contributed by atoms with Crippen LogP contribution in [0.5, 0.6) is 0 Å². The molecule has 1 aromatic carbocycles. The molecule has 0 saturated heterocycles. The summed E-state index contributed by atoms with van der Waals surface area (Å²) in [5.41, 5.74) is -0.0804. The second kappa shape index (κ2) is 3.74. The quantitative estimate of drug-likeness (QED) is 0.645. The predicted octanol–water partition coefficient (Wildman–Crippen LogP) is 3.59. The van der Waals surface area contributed by atoms with Gasteiger partial charge in [-0.2, -0.15) is 0 Å². The van der Waals surface area contributed by atoms with Crippen molar-refractivity contribution in [2.45, 2.75) is 12.3 Å². The first-order chi connectivity index (χ1) is 6.51. The molecule has 1 rings (SSSR count). The van der Waals surface area contributed by atoms with Crippen LogP contribution in [0.3, 0.4) is 0 Å². The van der Waals surface area contributed by atoms with Crippen LogP contribution < -0.4 is 0 Å². The van der Waals surface area contributed by atoms with Gasteiger partial charge < -0.3 is 0 Å². The van der Waals surface area contributed by atoms with Crippen molar-refractivity contribution >= 4 is 0 Å². The van der Waals surface area contributed by atoms with Crippen molar-refractivity contribution in [2.24, 2.45) is 0 Å². The van der Waals surface area contributed by atoms with Gasteiger partial charge >= 0.3 is 0 Å². The van der Waals surface area contributed by atoms with Crippen LogP contribution in [0.1, 0.15) is 12.5 Å². The molecule has 0 spiro atoms. The third-order valence-corrected chi connectivity index (χ3v) is 2.33. The lowest BCUT2D eigenvalue weighted by Crippen LogP contribution is -2.15. The summed E-state index contributed by atoms with van der Waals surface area (Å²) < 4.78 is 25.8. The van der Waals surface area contributed by atoms with Gasteiger partial charge in [-0.05, 0) is 24.6 Å². The summed E-state index contributed by atoms with van der Waals surface area (Å²) in [6, 6.07) is 3.41. The number of hydrogen-bond acceptors (Lipinski definition) is 0. The fraction of sp³-hybridized carbons (Fsp3) is 0.167. The van der Waals surface area contributed by atoms with E-state index < -0.39 is 17.0 Å². The zero-order valence-corrected chi connectivity index (χ0v) is 8.06. The van der Waals surface area contributed by atoms with E-state index in [9.17, 15) is 8.78 Å². The lowest BCUT2D eigenvalue weighted by atomic mass is 9.83. The normalized spacial score (nSPS) is 11.1. The Morgan fingerprint density at radius 3 is 1.86 bits per heavy atom. The molecule has 0 aliphatic carbocycles. The lowest BCUT2D eigenvalue weighted by molar-refractivity contribution is 0.573. The van der Waals surface area contributed by atoms with Crippen LogP contribution >= 0.6 is 0 Å². The van der Waals surface area contributed by atoms with Gasteiger partial charge in [0.2, 0.25) is 0 Å². The molecule has 0 saturated carbocycles. The molecule has 0 radical (unpaired) electrons. The molecule has 0 aliphatic heterocycles. The fourth-order valence-corrected chi connectivity index (χ4v) is 1.18. The largest absolute Gasteiger partial charge is 0.207 e. The molecule has 0 N–H and O–H groups in total. The van der Waals surface area contributed by atoms with Gasteiger partial charge in [0.05, 0.1) is 0 Å². The van der Waals surface area contributed by atoms with Gasteiger partial charge in [0, 0.05) is 11.5 Å². The van der Waals surface area contributed by atoms with Crippen LogP contribution in [0, 0.1) is 11.6 Å². The lowest BCUT2D eigenvalue weighted by Gasteiger charge is -2.21. The van der Waals surface area contributed by atoms with Crippen LogP contribution in [0.4, 0.5) is 8.78 Å². The summed E-state index contributed by atoms with van der Waals surface area (Å²) in [6.07, 6.45) is 3.21. The number of benzene rings is 1. The van der Waals surface area contributed by atoms with E-state index in [-0.39, 0.29) is 0 Å². The third kappa shape index (κ3) is 1.90. The average molecular weight is 194 g/mol. The summed E-state index contributed by atoms with van der Waals surface area (Å²) in [4.78, 5) is 0. The highest BCUT2D eigenvalue weighted by atomic mass is 19.1. The Labute approximate surface area is 82.6 Å². The number of rotatable bonds is 3. The summed E-state index contributed by atoms with van der Waals surface area (Å²) in [7, 11) is 0. The first kappa shape index (κ1) is 10.6. The molecular weight excluding hydrogens is 182 g/mol. The van der Waals surface area contributed by atoms with Crippen LogP contribution in [0.25, 0.3) is 0 Å². The second-order valence-corrected chi connectivity index (χ2v) is 3.35. The predicted molar refractivity (Wildman–Crippen MR) is 54.1 cm³/mol. The molecule has 2 heteroatoms. The molecule has 1 aromatic rings. The Kier molecular flexibility index (Phi) is 2.84. The molecule has 14 heavy (non-hydrogen) atoms. The maximum Gasteiger partial charge on any atom is 0.126 e. The monoisotopic (exact) mass is 194 g/mol. The highest BCUT2D eigenvalue weighted by Gasteiger charge is 2.19. The molecule has 74 valence electrons. The minimum absolute atomic E-state index is 0.514. The topological polar surface area (TPSA) is 0 Å². The zero-order valence-electron chi connectivity index (χ0n) is 8.06. The molecule has 0 heterocycles. The van der Waals surface area contributed by atoms with E-state index in [4.69, 9.17) is 0 Å². The fourth-order valence-electron chi connectivity index (χ4n) is 1.18. The van der Waals surface area contributed by atoms with Crippen molar-refractivity contribution in [3.63, 3.8) is 0 Å². The van der Waals surface area contributed by atoms with E-state index in [1.54, 1.807) is 19.1 Å². The number of hydrogen-bond donors (Lipinski definition) is 0. The highest BCUT2D eigenvalue weighted by Crippen LogP contribution is 2.27. The Bertz CT molecular complexity index is 338. The molecule has 0 aromatic heterocycles. The van der Waals surface area contributed by atoms with Crippen LogP contribution in [0.2, 0.25) is 0 Å². The Balaban J connectivity index is 3.30. The van der Waals surface area contributed by atoms with E-state index in [0.29, 0.717) is 5.56 Å². The van der Waals surface area contributed by atoms with Crippen molar-refractivity contribution in [3.05, 3.63) is 60.7 Å². The molecule has 0 aliphatic rings. The molecular formula is C12H12F2. The molecule has 0 atom stereocenters. The molecule has 0 fully saturated rings. The van der Waals surface area contributed by atoms with Crippen molar-refractivity contribution in [2.75, 3.05) is 0 Å². The van der Waals surface area contributed by atoms with Gasteiger partial charge in [-0.1, -0.05) is 12.2 Å². The highest BCUT2D eigenvalue weighted by molar-refractivity contribution is 5.35. The number of halogens is 2. The molecule has 0 unspecified atom stereocenters. The molecule has 0 bridgehead atoms. The minimum Gasteiger partial charge on any atom is -0.207 e. The standard InChI is InChI=1S/C12H12F2/c1-4-12(3,5-2)9-6-10(13)8-11(14)7-9/h4-8H,1-2H2,3H3. The van der Waals surface area contributed by atoms with Crippen molar-refractivity contribution < 1.29 is 8.78 Å². The van der Waals surface area contributed by atoms with Gasteiger partial charge in [0.1, 0.15) is 11.6 Å². The summed E-state index contributed by atoms with van der Waals surface area (Å²) >= 11 is 0. The van der Waals surface area contributed by atoms with Gasteiger partial charge in [-0.25, -0.2) is 8.78 Å². The molecule has 0 amide bonds. The summed E-state index contributed by atoms with van der Waals surface area (Å²) in [5.74, 6) is -1.18. The SMILES string of the molecule is C=CC(C)(C=C)c1cc(F)cc(F)c1. The van der Waals surface area contributed by atoms with E-state index in [2.05, 4.69) is 13.2 Å². The van der Waals surface area contributed by atoms with Gasteiger partial charge in [0.15, 0.2) is 0 Å². The average Bonchev–Trinajstić information content (AvgIpc) is 2.15. The third-order valence-electron chi connectivity index (χ3n) is 2.33. The van der Waals surface area contributed by atoms with Crippen molar-refractivity contribution in [1.82, 2.24) is 0 Å². The van der Waals surface area contributed by atoms with Crippen LogP contribution in [0.15, 0.2) is 43.5 Å². The van der Waals surface area contributed by atoms with E-state index in [1.165, 1.54) is 12.1 Å². The van der Waals surface area contributed by atoms with Crippen LogP contribution in [-0.2, 0) is 5.41 Å². The second-order valence-electron chi connectivity index (χ2n) is 3.35. The summed E-state index contributed by atoms with van der Waals surface area (Å²) in [5, 5.41) is 0. The molecule has 0 nitrogen and oxygen atoms in total. The van der Waals surface area contributed by atoms with Gasteiger partial charge in [-0.3, -0.25) is 0 Å². The smallest absolute Gasteiger partial charge is 0.126 e. The van der Waals surface area contributed by atoms with Gasteiger partial charge in [-0.15, -0.1) is 13.2 Å². The van der Waals surface area contributed by atoms with E-state index in [0.717, 1.165) is 6.07 Å². The van der Waals surface area contributed by atoms with Crippen molar-refractivity contribution in [1.29, 1.82) is 0 Å². The van der Waals surface area contributed by atoms with Crippen molar-refractivity contribution in [3.8, 4) is 0 Å². The van der Waals surface area contributed by atoms with Crippen LogP contribution in [-0.4, -0.2) is 0 Å². The Morgan fingerprint density at radius 1 is 1.07 bits per heavy atom. The Hall–Kier alpha value is -1.44. The van der Waals surface area contributed by atoms with E-state index >= 15 is 0 Å². The maximum atomic E-state index is 12.9. The first-order valence-electron chi connectivity index (χ1n) is 4.25. The Morgan fingerprint density at radius 2 is 1.50 bits per heavy atom. The zero-order chi connectivity index (χ0) is 10.8. The maximum absolute atomic E-state index is 12.9. The first-order valence-corrected chi connectivity index (χ1v) is 4.25. The summed E-state index contributed by atoms with van der Waals surface area (Å²) in [6.45, 7) is 9.04. The van der Waals surface area contributed by atoms with Gasteiger partial charge in [0.25, 0.3) is 0 Å².